The Balaban J connectivity index is 1.63. The minimum Gasteiger partial charge on any atom is -0.480 e. The van der Waals surface area contributed by atoms with Gasteiger partial charge in [0.2, 0.25) is 11.8 Å². The van der Waals surface area contributed by atoms with Gasteiger partial charge in [0.25, 0.3) is 0 Å². The van der Waals surface area contributed by atoms with E-state index in [2.05, 4.69) is 10.3 Å². The lowest BCUT2D eigenvalue weighted by Crippen LogP contribution is -2.43. The van der Waals surface area contributed by atoms with Crippen molar-refractivity contribution in [1.82, 2.24) is 10.3 Å². The Kier molecular flexibility index (Phi) is 4.34. The van der Waals surface area contributed by atoms with E-state index in [0.29, 0.717) is 16.6 Å². The van der Waals surface area contributed by atoms with Crippen molar-refractivity contribution < 1.29 is 19.1 Å². The minimum atomic E-state index is -0.997. The zero-order valence-electron chi connectivity index (χ0n) is 12.2. The number of halogens is 1. The van der Waals surface area contributed by atoms with Crippen molar-refractivity contribution in [2.45, 2.75) is 25.3 Å². The van der Waals surface area contributed by atoms with E-state index in [1.165, 1.54) is 6.26 Å². The first-order valence-electron chi connectivity index (χ1n) is 7.25. The van der Waals surface area contributed by atoms with Gasteiger partial charge in [0.15, 0.2) is 0 Å². The molecule has 1 atom stereocenters. The minimum absolute atomic E-state index is 0.0202. The van der Waals surface area contributed by atoms with Crippen LogP contribution in [-0.4, -0.2) is 28.0 Å². The lowest BCUT2D eigenvalue weighted by atomic mass is 10.2. The first-order valence-corrected chi connectivity index (χ1v) is 7.63. The maximum Gasteiger partial charge on any atom is 0.326 e. The van der Waals surface area contributed by atoms with Gasteiger partial charge in [-0.05, 0) is 43.0 Å². The van der Waals surface area contributed by atoms with Crippen molar-refractivity contribution in [3.8, 4) is 11.5 Å². The Hall–Kier alpha value is -2.34. The zero-order chi connectivity index (χ0) is 16.4. The second-order valence-corrected chi connectivity index (χ2v) is 5.98. The number of carbonyl (C=O) groups excluding carboxylic acids is 1. The second kappa shape index (κ2) is 6.42. The molecule has 0 bridgehead atoms. The molecule has 23 heavy (non-hydrogen) atoms. The zero-order valence-corrected chi connectivity index (χ0v) is 12.9. The summed E-state index contributed by atoms with van der Waals surface area (Å²) < 4.78 is 5.35. The van der Waals surface area contributed by atoms with Crippen molar-refractivity contribution in [3.63, 3.8) is 0 Å². The molecule has 0 radical (unpaired) electrons. The summed E-state index contributed by atoms with van der Waals surface area (Å²) in [5.41, 5.74) is 1.20. The predicted molar refractivity (Wildman–Crippen MR) is 82.9 cm³/mol. The third-order valence-corrected chi connectivity index (χ3v) is 3.91. The Morgan fingerprint density at radius 1 is 1.35 bits per heavy atom. The van der Waals surface area contributed by atoms with Crippen molar-refractivity contribution in [1.29, 1.82) is 0 Å². The summed E-state index contributed by atoms with van der Waals surface area (Å²) in [6.45, 7) is 0. The van der Waals surface area contributed by atoms with Crippen molar-refractivity contribution >= 4 is 23.5 Å². The molecule has 0 aliphatic heterocycles. The summed E-state index contributed by atoms with van der Waals surface area (Å²) in [4.78, 5) is 27.3. The number of aromatic nitrogens is 1. The van der Waals surface area contributed by atoms with Gasteiger partial charge in [0.05, 0.1) is 12.1 Å². The Bertz CT molecular complexity index is 722. The van der Waals surface area contributed by atoms with E-state index in [0.717, 1.165) is 18.4 Å². The number of benzene rings is 1. The van der Waals surface area contributed by atoms with Gasteiger partial charge in [-0.3, -0.25) is 4.79 Å². The molecule has 0 spiro atoms. The topological polar surface area (TPSA) is 92.4 Å². The monoisotopic (exact) mass is 334 g/mol. The number of hydrogen-bond acceptors (Lipinski definition) is 4. The average Bonchev–Trinajstić information content (AvgIpc) is 3.25. The average molecular weight is 335 g/mol. The fourth-order valence-electron chi connectivity index (χ4n) is 2.31. The van der Waals surface area contributed by atoms with Crippen LogP contribution in [0.5, 0.6) is 0 Å². The molecule has 0 saturated heterocycles. The SMILES string of the molecule is O=C(Cc1coc(-c2ccc(Cl)cc2)n1)NC(C(=O)O)C1CC1. The quantitative estimate of drug-likeness (QED) is 0.846. The van der Waals surface area contributed by atoms with Gasteiger partial charge in [-0.1, -0.05) is 11.6 Å². The van der Waals surface area contributed by atoms with Crippen molar-refractivity contribution in [2.75, 3.05) is 0 Å². The van der Waals surface area contributed by atoms with Crippen LogP contribution in [-0.2, 0) is 16.0 Å². The lowest BCUT2D eigenvalue weighted by Gasteiger charge is -2.12. The van der Waals surface area contributed by atoms with Gasteiger partial charge in [0.1, 0.15) is 12.3 Å². The summed E-state index contributed by atoms with van der Waals surface area (Å²) in [5.74, 6) is -0.942. The van der Waals surface area contributed by atoms with Crippen LogP contribution in [0, 0.1) is 5.92 Å². The summed E-state index contributed by atoms with van der Waals surface area (Å²) in [5, 5.41) is 12.3. The molecule has 1 heterocycles. The van der Waals surface area contributed by atoms with E-state index >= 15 is 0 Å². The van der Waals surface area contributed by atoms with Gasteiger partial charge in [0, 0.05) is 10.6 Å². The first kappa shape index (κ1) is 15.6. The third kappa shape index (κ3) is 3.90. The van der Waals surface area contributed by atoms with Crippen LogP contribution in [0.1, 0.15) is 18.5 Å². The third-order valence-electron chi connectivity index (χ3n) is 3.66. The number of aliphatic carboxylic acids is 1. The molecule has 1 aromatic heterocycles. The number of rotatable bonds is 6. The van der Waals surface area contributed by atoms with Gasteiger partial charge in [-0.2, -0.15) is 0 Å². The summed E-state index contributed by atoms with van der Waals surface area (Å²) in [7, 11) is 0. The Labute approximate surface area is 137 Å². The van der Waals surface area contributed by atoms with Crippen LogP contribution in [0.2, 0.25) is 5.02 Å². The highest BCUT2D eigenvalue weighted by Gasteiger charge is 2.37. The van der Waals surface area contributed by atoms with Crippen LogP contribution in [0.15, 0.2) is 34.9 Å². The lowest BCUT2D eigenvalue weighted by molar-refractivity contribution is -0.142. The maximum atomic E-state index is 12.0. The fourth-order valence-corrected chi connectivity index (χ4v) is 2.44. The number of nitrogens with zero attached hydrogens (tertiary/aromatic N) is 1. The maximum absolute atomic E-state index is 12.0. The molecule has 1 aromatic carbocycles. The molecule has 2 aromatic rings. The molecule has 1 saturated carbocycles. The van der Waals surface area contributed by atoms with Gasteiger partial charge in [-0.15, -0.1) is 0 Å². The smallest absolute Gasteiger partial charge is 0.326 e. The Morgan fingerprint density at radius 2 is 2.04 bits per heavy atom. The van der Waals surface area contributed by atoms with Crippen molar-refractivity contribution in [2.24, 2.45) is 5.92 Å². The number of carbonyl (C=O) groups is 2. The molecule has 1 amide bonds. The van der Waals surface area contributed by atoms with Crippen molar-refractivity contribution in [3.05, 3.63) is 41.2 Å². The highest BCUT2D eigenvalue weighted by atomic mass is 35.5. The molecule has 1 fully saturated rings. The summed E-state index contributed by atoms with van der Waals surface area (Å²) in [6.07, 6.45) is 3.05. The molecule has 1 aliphatic rings. The van der Waals surface area contributed by atoms with E-state index < -0.39 is 12.0 Å². The van der Waals surface area contributed by atoms with Crippen LogP contribution >= 0.6 is 11.6 Å². The van der Waals surface area contributed by atoms with Crippen LogP contribution in [0.3, 0.4) is 0 Å². The second-order valence-electron chi connectivity index (χ2n) is 5.55. The number of nitrogens with one attached hydrogen (secondary N) is 1. The van der Waals surface area contributed by atoms with Crippen LogP contribution < -0.4 is 5.32 Å². The highest BCUT2D eigenvalue weighted by molar-refractivity contribution is 6.30. The van der Waals surface area contributed by atoms with E-state index in [1.54, 1.807) is 24.3 Å². The summed E-state index contributed by atoms with van der Waals surface area (Å²) >= 11 is 5.83. The number of hydrogen-bond donors (Lipinski definition) is 2. The Morgan fingerprint density at radius 3 is 2.65 bits per heavy atom. The van der Waals surface area contributed by atoms with E-state index in [-0.39, 0.29) is 18.2 Å². The van der Waals surface area contributed by atoms with E-state index in [4.69, 9.17) is 21.1 Å². The number of carboxylic acid groups (broad SMARTS) is 1. The van der Waals surface area contributed by atoms with E-state index in [1.807, 2.05) is 0 Å². The summed E-state index contributed by atoms with van der Waals surface area (Å²) in [6, 6.07) is 6.17. The molecule has 120 valence electrons. The van der Waals surface area contributed by atoms with Gasteiger partial charge >= 0.3 is 5.97 Å². The molecule has 7 heteroatoms. The fraction of sp³-hybridized carbons (Fsp3) is 0.312. The predicted octanol–water partition coefficient (Wildman–Crippen LogP) is 2.52. The van der Waals surface area contributed by atoms with E-state index in [9.17, 15) is 9.59 Å². The molecule has 6 nitrogen and oxygen atoms in total. The number of carboxylic acids is 1. The molecular weight excluding hydrogens is 320 g/mol. The molecule has 1 unspecified atom stereocenters. The first-order chi connectivity index (χ1) is 11.0. The van der Waals surface area contributed by atoms with Crippen LogP contribution in [0.25, 0.3) is 11.5 Å². The number of amides is 1. The highest BCUT2D eigenvalue weighted by Crippen LogP contribution is 2.32. The molecule has 1 aliphatic carbocycles. The number of oxazole rings is 1. The molecule has 3 rings (SSSR count). The molecule has 2 N–H and O–H groups in total. The van der Waals surface area contributed by atoms with Gasteiger partial charge < -0.3 is 14.8 Å². The normalized spacial score (nSPS) is 15.2. The molecular formula is C16H15ClN2O4. The standard InChI is InChI=1S/C16H15ClN2O4/c17-11-5-3-10(4-6-11)15-18-12(8-23-15)7-13(20)19-14(16(21)22)9-1-2-9/h3-6,8-9,14H,1-2,7H2,(H,19,20)(H,21,22). The van der Waals surface area contributed by atoms with Gasteiger partial charge in [-0.25, -0.2) is 9.78 Å². The van der Waals surface area contributed by atoms with Crippen LogP contribution in [0.4, 0.5) is 0 Å². The largest absolute Gasteiger partial charge is 0.480 e.